The zero-order valence-electron chi connectivity index (χ0n) is 12.4. The third kappa shape index (κ3) is 3.84. The number of hydrogen-bond acceptors (Lipinski definition) is 2. The molecule has 0 aliphatic carbocycles. The summed E-state index contributed by atoms with van der Waals surface area (Å²) in [5.74, 6) is -1.21. The Balaban J connectivity index is 2.06. The van der Waals surface area contributed by atoms with E-state index >= 15 is 0 Å². The van der Waals surface area contributed by atoms with E-state index in [1.54, 1.807) is 38.1 Å². The Morgan fingerprint density at radius 3 is 2.41 bits per heavy atom. The molecule has 0 heterocycles. The second-order valence-corrected chi connectivity index (χ2v) is 5.94. The Bertz CT molecular complexity index is 658. The lowest BCUT2D eigenvalue weighted by molar-refractivity contribution is 0.0785. The van der Waals surface area contributed by atoms with Crippen molar-refractivity contribution in [2.24, 2.45) is 0 Å². The highest BCUT2D eigenvalue weighted by atomic mass is 35.5. The molecule has 0 radical (unpaired) electrons. The van der Waals surface area contributed by atoms with Gasteiger partial charge in [-0.3, -0.25) is 4.79 Å². The van der Waals surface area contributed by atoms with Gasteiger partial charge >= 0.3 is 0 Å². The third-order valence-electron chi connectivity index (χ3n) is 3.30. The average Bonchev–Trinajstić information content (AvgIpc) is 2.44. The van der Waals surface area contributed by atoms with Crippen molar-refractivity contribution in [3.05, 3.63) is 70.0 Å². The van der Waals surface area contributed by atoms with Crippen LogP contribution in [-0.2, 0) is 12.1 Å². The third-order valence-corrected chi connectivity index (χ3v) is 3.62. The van der Waals surface area contributed by atoms with Crippen LogP contribution in [0.25, 0.3) is 0 Å². The highest BCUT2D eigenvalue weighted by Gasteiger charge is 2.16. The number of carbonyl (C=O) groups excluding carboxylic acids is 1. The van der Waals surface area contributed by atoms with Crippen LogP contribution in [0.4, 0.5) is 4.39 Å². The van der Waals surface area contributed by atoms with E-state index in [-0.39, 0.29) is 17.1 Å². The molecule has 2 N–H and O–H groups in total. The highest BCUT2D eigenvalue weighted by Crippen LogP contribution is 2.20. The molecule has 116 valence electrons. The van der Waals surface area contributed by atoms with Crippen LogP contribution in [0.5, 0.6) is 0 Å². The molecular formula is C17H17ClFNO2. The number of amides is 1. The second-order valence-electron chi connectivity index (χ2n) is 5.54. The van der Waals surface area contributed by atoms with E-state index in [9.17, 15) is 14.3 Å². The van der Waals surface area contributed by atoms with Gasteiger partial charge in [-0.1, -0.05) is 41.9 Å². The lowest BCUT2D eigenvalue weighted by Crippen LogP contribution is -2.24. The maximum atomic E-state index is 13.6. The van der Waals surface area contributed by atoms with Gasteiger partial charge in [0.05, 0.1) is 16.2 Å². The molecule has 2 aromatic rings. The lowest BCUT2D eigenvalue weighted by Gasteiger charge is -2.18. The van der Waals surface area contributed by atoms with E-state index in [4.69, 9.17) is 11.6 Å². The molecule has 2 aromatic carbocycles. The van der Waals surface area contributed by atoms with Gasteiger partial charge in [0, 0.05) is 6.54 Å². The van der Waals surface area contributed by atoms with Crippen molar-refractivity contribution in [2.75, 3.05) is 0 Å². The molecule has 3 nitrogen and oxygen atoms in total. The fourth-order valence-electron chi connectivity index (χ4n) is 2.02. The molecule has 0 atom stereocenters. The SMILES string of the molecule is CC(C)(O)c1ccc(CNC(=O)c2c(F)cccc2Cl)cc1. The van der Waals surface area contributed by atoms with Crippen LogP contribution in [0.1, 0.15) is 35.3 Å². The number of aliphatic hydroxyl groups is 1. The monoisotopic (exact) mass is 321 g/mol. The largest absolute Gasteiger partial charge is 0.386 e. The lowest BCUT2D eigenvalue weighted by atomic mass is 9.97. The zero-order chi connectivity index (χ0) is 16.3. The Morgan fingerprint density at radius 1 is 1.23 bits per heavy atom. The van der Waals surface area contributed by atoms with Crippen LogP contribution in [-0.4, -0.2) is 11.0 Å². The molecule has 5 heteroatoms. The quantitative estimate of drug-likeness (QED) is 0.903. The van der Waals surface area contributed by atoms with Crippen molar-refractivity contribution < 1.29 is 14.3 Å². The predicted octanol–water partition coefficient (Wildman–Crippen LogP) is 3.64. The molecule has 2 rings (SSSR count). The van der Waals surface area contributed by atoms with E-state index in [2.05, 4.69) is 5.32 Å². The van der Waals surface area contributed by atoms with Crippen molar-refractivity contribution in [3.8, 4) is 0 Å². The first kappa shape index (κ1) is 16.5. The maximum absolute atomic E-state index is 13.6. The zero-order valence-corrected chi connectivity index (χ0v) is 13.1. The summed E-state index contributed by atoms with van der Waals surface area (Å²) in [5, 5.41) is 12.6. The van der Waals surface area contributed by atoms with Crippen LogP contribution >= 0.6 is 11.6 Å². The molecule has 1 amide bonds. The minimum Gasteiger partial charge on any atom is -0.386 e. The Morgan fingerprint density at radius 2 is 1.86 bits per heavy atom. The average molecular weight is 322 g/mol. The molecule has 0 saturated carbocycles. The van der Waals surface area contributed by atoms with Crippen molar-refractivity contribution in [2.45, 2.75) is 26.0 Å². The summed E-state index contributed by atoms with van der Waals surface area (Å²) >= 11 is 5.85. The van der Waals surface area contributed by atoms with E-state index in [0.29, 0.717) is 0 Å². The van der Waals surface area contributed by atoms with Gasteiger partial charge in [0.15, 0.2) is 0 Å². The topological polar surface area (TPSA) is 49.3 Å². The number of nitrogens with one attached hydrogen (secondary N) is 1. The second kappa shape index (κ2) is 6.46. The number of carbonyl (C=O) groups is 1. The Kier molecular flexibility index (Phi) is 4.84. The number of benzene rings is 2. The van der Waals surface area contributed by atoms with Gasteiger partial charge in [-0.15, -0.1) is 0 Å². The molecule has 22 heavy (non-hydrogen) atoms. The van der Waals surface area contributed by atoms with Crippen molar-refractivity contribution in [3.63, 3.8) is 0 Å². The fraction of sp³-hybridized carbons (Fsp3) is 0.235. The predicted molar refractivity (Wildman–Crippen MR) is 84.3 cm³/mol. The van der Waals surface area contributed by atoms with E-state index < -0.39 is 17.3 Å². The number of halogens is 2. The van der Waals surface area contributed by atoms with Crippen molar-refractivity contribution >= 4 is 17.5 Å². The van der Waals surface area contributed by atoms with Gasteiger partial charge < -0.3 is 10.4 Å². The minimum absolute atomic E-state index is 0.0786. The van der Waals surface area contributed by atoms with E-state index in [1.807, 2.05) is 0 Å². The normalized spacial score (nSPS) is 11.3. The first-order chi connectivity index (χ1) is 10.3. The summed E-state index contributed by atoms with van der Waals surface area (Å²) in [7, 11) is 0. The molecule has 0 saturated heterocycles. The highest BCUT2D eigenvalue weighted by molar-refractivity contribution is 6.33. The molecule has 0 bridgehead atoms. The van der Waals surface area contributed by atoms with Gasteiger partial charge in [0.2, 0.25) is 0 Å². The summed E-state index contributed by atoms with van der Waals surface area (Å²) < 4.78 is 13.6. The van der Waals surface area contributed by atoms with Crippen LogP contribution in [0.3, 0.4) is 0 Å². The van der Waals surface area contributed by atoms with Crippen LogP contribution in [0, 0.1) is 5.82 Å². The fourth-order valence-corrected chi connectivity index (χ4v) is 2.26. The van der Waals surface area contributed by atoms with E-state index in [0.717, 1.165) is 11.1 Å². The van der Waals surface area contributed by atoms with Crippen LogP contribution in [0.15, 0.2) is 42.5 Å². The maximum Gasteiger partial charge on any atom is 0.256 e. The molecule has 0 aromatic heterocycles. The summed E-state index contributed by atoms with van der Waals surface area (Å²) in [4.78, 5) is 12.0. The molecular weight excluding hydrogens is 305 g/mol. The number of hydrogen-bond donors (Lipinski definition) is 2. The Hall–Kier alpha value is -1.91. The van der Waals surface area contributed by atoms with Crippen LogP contribution < -0.4 is 5.32 Å². The van der Waals surface area contributed by atoms with Gasteiger partial charge in [0.1, 0.15) is 5.82 Å². The first-order valence-electron chi connectivity index (χ1n) is 6.83. The summed E-state index contributed by atoms with van der Waals surface area (Å²) in [5.41, 5.74) is 0.550. The van der Waals surface area contributed by atoms with Crippen molar-refractivity contribution in [1.29, 1.82) is 0 Å². The first-order valence-corrected chi connectivity index (χ1v) is 7.21. The summed E-state index contributed by atoms with van der Waals surface area (Å²) in [6.45, 7) is 3.64. The smallest absolute Gasteiger partial charge is 0.256 e. The molecule has 0 spiro atoms. The summed E-state index contributed by atoms with van der Waals surface area (Å²) in [6, 6.07) is 11.3. The standard InChI is InChI=1S/C17H17ClFNO2/c1-17(2,22)12-8-6-11(7-9-12)10-20-16(21)15-13(18)4-3-5-14(15)19/h3-9,22H,10H2,1-2H3,(H,20,21). The summed E-state index contributed by atoms with van der Waals surface area (Å²) in [6.07, 6.45) is 0. The molecule has 0 aliphatic heterocycles. The van der Waals surface area contributed by atoms with Gasteiger partial charge in [-0.25, -0.2) is 4.39 Å². The van der Waals surface area contributed by atoms with Crippen LogP contribution in [0.2, 0.25) is 5.02 Å². The Labute approximate surface area is 133 Å². The van der Waals surface area contributed by atoms with Crippen molar-refractivity contribution in [1.82, 2.24) is 5.32 Å². The van der Waals surface area contributed by atoms with E-state index in [1.165, 1.54) is 18.2 Å². The minimum atomic E-state index is -0.914. The molecule has 0 aliphatic rings. The van der Waals surface area contributed by atoms with Gasteiger partial charge in [0.25, 0.3) is 5.91 Å². The molecule has 0 fully saturated rings. The molecule has 0 unspecified atom stereocenters. The number of rotatable bonds is 4. The van der Waals surface area contributed by atoms with Gasteiger partial charge in [-0.2, -0.15) is 0 Å². The van der Waals surface area contributed by atoms with Gasteiger partial charge in [-0.05, 0) is 37.1 Å².